The van der Waals surface area contributed by atoms with Crippen LogP contribution in [-0.2, 0) is 33.6 Å². The number of likely N-dealkylation sites (N-methyl/N-ethyl adjacent to an activating group) is 1. The number of phenolic OH excluding ortho intramolecular Hbond substituents is 2. The third-order valence-corrected chi connectivity index (χ3v) is 12.3. The molecule has 3 aliphatic heterocycles. The molecule has 1 aromatic heterocycles. The lowest BCUT2D eigenvalue weighted by molar-refractivity contribution is -0.178. The van der Waals surface area contributed by atoms with Crippen LogP contribution in [-0.4, -0.2) is 136 Å². The standard InChI is InChI=1S/C33H31N9O11S3/c1-2-39-10-11-40(27(50)26(39)49)41(16-44)22(17-6-4-3-5-7-17)25(48)36-33(34-15-43)29(53)42-23(28(51)52)19(13-54-30(33)42)14-55-32-38-37-31(56-32)35-24(47)18-8-9-20(45)21(46)12-18/h3-9,12,15-16,22,30,45-46H,2,10-11,13-14H2,1H3,(H,34,43)(H,36,48)(H,51,52)(H,35,37,47)/t22?,30-,33+/m0/s1. The fraction of sp³-hybridized carbons (Fsp3) is 0.273. The van der Waals surface area contributed by atoms with E-state index >= 15 is 0 Å². The highest BCUT2D eigenvalue weighted by molar-refractivity contribution is 8.02. The van der Waals surface area contributed by atoms with Crippen LogP contribution < -0.4 is 16.0 Å². The number of piperazine rings is 1. The highest BCUT2D eigenvalue weighted by Gasteiger charge is 2.66. The molecule has 3 aliphatic rings. The number of β-lactam (4-membered cyclic amide) rings is 1. The molecule has 0 radical (unpaired) electrons. The number of aromatic hydroxyl groups is 2. The van der Waals surface area contributed by atoms with E-state index in [2.05, 4.69) is 26.1 Å². The van der Waals surface area contributed by atoms with Crippen molar-refractivity contribution in [2.45, 2.75) is 28.3 Å². The molecule has 2 fully saturated rings. The lowest BCUT2D eigenvalue weighted by atomic mass is 9.94. The summed E-state index contributed by atoms with van der Waals surface area (Å²) in [5.41, 5.74) is -2.03. The number of hydrazine groups is 1. The lowest BCUT2D eigenvalue weighted by Gasteiger charge is -2.56. The number of benzene rings is 2. The summed E-state index contributed by atoms with van der Waals surface area (Å²) in [4.78, 5) is 106. The molecule has 0 aliphatic carbocycles. The van der Waals surface area contributed by atoms with Gasteiger partial charge in [-0.3, -0.25) is 43.8 Å². The van der Waals surface area contributed by atoms with Gasteiger partial charge in [0.05, 0.1) is 6.54 Å². The number of carboxylic acids is 1. The molecule has 3 aromatic rings. The second-order valence-corrected chi connectivity index (χ2v) is 15.4. The van der Waals surface area contributed by atoms with E-state index in [1.54, 1.807) is 25.1 Å². The number of carbonyl (C=O) groups excluding carboxylic acids is 7. The number of carbonyl (C=O) groups is 8. The Kier molecular flexibility index (Phi) is 11.5. The number of fused-ring (bicyclic) bond motifs is 1. The van der Waals surface area contributed by atoms with E-state index in [4.69, 9.17) is 0 Å². The van der Waals surface area contributed by atoms with Crippen LogP contribution in [0.3, 0.4) is 0 Å². The van der Waals surface area contributed by atoms with Gasteiger partial charge in [-0.15, -0.1) is 22.0 Å². The van der Waals surface area contributed by atoms with Crippen molar-refractivity contribution in [1.29, 1.82) is 0 Å². The molecule has 20 nitrogen and oxygen atoms in total. The first kappa shape index (κ1) is 39.5. The minimum absolute atomic E-state index is 0.0163. The fourth-order valence-corrected chi connectivity index (χ4v) is 9.49. The number of hydrogen-bond acceptors (Lipinski definition) is 15. The zero-order valence-corrected chi connectivity index (χ0v) is 31.4. The summed E-state index contributed by atoms with van der Waals surface area (Å²) in [6.07, 6.45) is 0.378. The van der Waals surface area contributed by atoms with Crippen LogP contribution in [0.4, 0.5) is 5.13 Å². The number of aromatic nitrogens is 2. The molecule has 7 amide bonds. The Morgan fingerprint density at radius 2 is 1.80 bits per heavy atom. The normalized spacial score (nSPS) is 19.8. The van der Waals surface area contributed by atoms with Crippen LogP contribution >= 0.6 is 34.9 Å². The predicted octanol–water partition coefficient (Wildman–Crippen LogP) is -0.0886. The smallest absolute Gasteiger partial charge is 0.352 e. The molecular weight excluding hydrogens is 795 g/mol. The minimum Gasteiger partial charge on any atom is -0.504 e. The molecule has 1 unspecified atom stereocenters. The molecule has 6 rings (SSSR count). The van der Waals surface area contributed by atoms with Gasteiger partial charge in [-0.25, -0.2) is 14.8 Å². The summed E-state index contributed by atoms with van der Waals surface area (Å²) < 4.78 is 0.334. The number of nitrogens with zero attached hydrogens (tertiary/aromatic N) is 6. The zero-order chi connectivity index (χ0) is 40.3. The minimum atomic E-state index is -2.17. The van der Waals surface area contributed by atoms with Crippen LogP contribution in [0.15, 0.2) is 64.1 Å². The van der Waals surface area contributed by atoms with Crippen LogP contribution in [0.2, 0.25) is 0 Å². The third kappa shape index (κ3) is 7.29. The maximum absolute atomic E-state index is 14.2. The summed E-state index contributed by atoms with van der Waals surface area (Å²) in [5.74, 6) is -6.90. The Labute approximate surface area is 328 Å². The van der Waals surface area contributed by atoms with Crippen molar-refractivity contribution in [3.05, 3.63) is 70.9 Å². The topological polar surface area (TPSA) is 272 Å². The van der Waals surface area contributed by atoms with Gasteiger partial charge in [0.15, 0.2) is 21.9 Å². The first-order chi connectivity index (χ1) is 26.8. The van der Waals surface area contributed by atoms with Crippen molar-refractivity contribution in [3.63, 3.8) is 0 Å². The Morgan fingerprint density at radius 1 is 1.05 bits per heavy atom. The zero-order valence-electron chi connectivity index (χ0n) is 29.0. The second-order valence-electron chi connectivity index (χ2n) is 12.1. The van der Waals surface area contributed by atoms with Crippen molar-refractivity contribution in [3.8, 4) is 11.5 Å². The molecule has 2 saturated heterocycles. The van der Waals surface area contributed by atoms with E-state index in [-0.39, 0.29) is 65.9 Å². The molecule has 0 bridgehead atoms. The average molecular weight is 826 g/mol. The molecule has 0 spiro atoms. The summed E-state index contributed by atoms with van der Waals surface area (Å²) in [7, 11) is 0. The number of rotatable bonds is 15. The first-order valence-corrected chi connectivity index (χ1v) is 19.3. The van der Waals surface area contributed by atoms with E-state index < -0.39 is 64.1 Å². The van der Waals surface area contributed by atoms with Gasteiger partial charge in [0.1, 0.15) is 11.1 Å². The molecule has 6 N–H and O–H groups in total. The van der Waals surface area contributed by atoms with Gasteiger partial charge in [0.25, 0.3) is 17.7 Å². The molecule has 292 valence electrons. The number of nitrogens with one attached hydrogen (secondary N) is 3. The van der Waals surface area contributed by atoms with Crippen LogP contribution in [0.5, 0.6) is 11.5 Å². The quantitative estimate of drug-likeness (QED) is 0.0222. The van der Waals surface area contributed by atoms with Gasteiger partial charge in [-0.05, 0) is 36.3 Å². The van der Waals surface area contributed by atoms with Gasteiger partial charge >= 0.3 is 17.8 Å². The highest BCUT2D eigenvalue weighted by atomic mass is 32.2. The van der Waals surface area contributed by atoms with Crippen LogP contribution in [0.1, 0.15) is 28.9 Å². The lowest BCUT2D eigenvalue weighted by Crippen LogP contribution is -2.85. The number of amides is 7. The van der Waals surface area contributed by atoms with Crippen LogP contribution in [0, 0.1) is 0 Å². The van der Waals surface area contributed by atoms with Crippen molar-refractivity contribution in [2.24, 2.45) is 0 Å². The fourth-order valence-electron chi connectivity index (χ4n) is 6.17. The summed E-state index contributed by atoms with van der Waals surface area (Å²) in [5, 5.41) is 45.3. The maximum atomic E-state index is 14.2. The van der Waals surface area contributed by atoms with Crippen molar-refractivity contribution in [2.75, 3.05) is 36.5 Å². The molecule has 23 heteroatoms. The van der Waals surface area contributed by atoms with E-state index in [0.29, 0.717) is 9.91 Å². The number of phenols is 2. The molecule has 2 aromatic carbocycles. The number of anilines is 1. The van der Waals surface area contributed by atoms with Gasteiger partial charge in [0, 0.05) is 30.2 Å². The van der Waals surface area contributed by atoms with E-state index in [1.807, 2.05) is 0 Å². The number of thioether (sulfide) groups is 2. The molecular formula is C33H31N9O11S3. The molecule has 0 saturated carbocycles. The Morgan fingerprint density at radius 3 is 2.46 bits per heavy atom. The Hall–Kier alpha value is -6.20. The van der Waals surface area contributed by atoms with Gasteiger partial charge < -0.3 is 30.9 Å². The van der Waals surface area contributed by atoms with E-state index in [0.717, 1.165) is 61.9 Å². The SMILES string of the molecule is CCN1CCN(N(C=O)C(C(=O)N[C@]2(NC=O)C(=O)N3C(C(=O)O)=C(CSc4nnc(NC(=O)c5ccc(O)c(O)c5)s4)CS[C@H]32)c2ccccc2)C(=O)C1=O. The van der Waals surface area contributed by atoms with Crippen molar-refractivity contribution >= 4 is 88.3 Å². The Bertz CT molecular complexity index is 2150. The number of hydrogen-bond donors (Lipinski definition) is 6. The van der Waals surface area contributed by atoms with Crippen LogP contribution in [0.25, 0.3) is 0 Å². The van der Waals surface area contributed by atoms with E-state index in [1.165, 1.54) is 23.1 Å². The van der Waals surface area contributed by atoms with Crippen molar-refractivity contribution < 1.29 is 53.7 Å². The summed E-state index contributed by atoms with van der Waals surface area (Å²) in [6.45, 7) is 1.88. The highest BCUT2D eigenvalue weighted by Crippen LogP contribution is 2.46. The third-order valence-electron chi connectivity index (χ3n) is 8.88. The van der Waals surface area contributed by atoms with E-state index in [9.17, 15) is 53.7 Å². The maximum Gasteiger partial charge on any atom is 0.352 e. The average Bonchev–Trinajstić information content (AvgIpc) is 3.64. The largest absolute Gasteiger partial charge is 0.504 e. The van der Waals surface area contributed by atoms with Crippen molar-refractivity contribution in [1.82, 2.24) is 40.6 Å². The predicted molar refractivity (Wildman–Crippen MR) is 197 cm³/mol. The molecule has 3 atom stereocenters. The second kappa shape index (κ2) is 16.3. The van der Waals surface area contributed by atoms with Gasteiger partial charge in [-0.2, -0.15) is 0 Å². The first-order valence-electron chi connectivity index (χ1n) is 16.5. The number of aliphatic carboxylic acids is 1. The van der Waals surface area contributed by atoms with Gasteiger partial charge in [0.2, 0.25) is 23.6 Å². The number of carboxylic acid groups (broad SMARTS) is 1. The molecule has 4 heterocycles. The summed E-state index contributed by atoms with van der Waals surface area (Å²) >= 11 is 3.10. The Balaban J connectivity index is 1.21. The monoisotopic (exact) mass is 825 g/mol. The molecule has 56 heavy (non-hydrogen) atoms. The summed E-state index contributed by atoms with van der Waals surface area (Å²) in [6, 6.07) is 9.65. The van der Waals surface area contributed by atoms with Gasteiger partial charge in [-0.1, -0.05) is 53.4 Å².